The number of ketones is 1. The number of aromatic nitrogens is 2. The molecule has 2 aromatic heterocycles. The number of quaternary nitrogens is 1. The van der Waals surface area contributed by atoms with E-state index < -0.39 is 29.3 Å². The molecule has 182 valence electrons. The van der Waals surface area contributed by atoms with Gasteiger partial charge < -0.3 is 24.0 Å². The molecule has 2 fully saturated rings. The number of aryl methyl sites for hydroxylation is 1. The number of carbonyl (C=O) groups excluding carboxylic acids is 2. The first kappa shape index (κ1) is 23.2. The lowest BCUT2D eigenvalue weighted by Crippen LogP contribution is -3.14. The topological polar surface area (TPSA) is 91.4 Å². The number of nitrogens with zero attached hydrogens (tertiary/aromatic N) is 3. The summed E-state index contributed by atoms with van der Waals surface area (Å²) in [6, 6.07) is 10.2. The Morgan fingerprint density at radius 2 is 1.91 bits per heavy atom. The van der Waals surface area contributed by atoms with Gasteiger partial charge in [-0.1, -0.05) is 30.0 Å². The van der Waals surface area contributed by atoms with Crippen LogP contribution in [-0.2, 0) is 14.3 Å². The van der Waals surface area contributed by atoms with E-state index in [2.05, 4.69) is 4.98 Å². The Bertz CT molecular complexity index is 1310. The van der Waals surface area contributed by atoms with Crippen LogP contribution in [0.5, 0.6) is 0 Å². The molecule has 2 aliphatic heterocycles. The molecule has 1 amide bonds. The second-order valence-corrected chi connectivity index (χ2v) is 8.94. The van der Waals surface area contributed by atoms with Crippen molar-refractivity contribution in [3.8, 4) is 0 Å². The number of pyridine rings is 1. The lowest BCUT2D eigenvalue weighted by atomic mass is 9.95. The molecule has 3 aromatic rings. The molecule has 2 saturated heterocycles. The molecule has 5 rings (SSSR count). The zero-order chi connectivity index (χ0) is 24.5. The molecule has 0 saturated carbocycles. The van der Waals surface area contributed by atoms with Crippen LogP contribution in [0, 0.1) is 12.7 Å². The van der Waals surface area contributed by atoms with Gasteiger partial charge in [0.1, 0.15) is 24.6 Å². The van der Waals surface area contributed by atoms with Crippen molar-refractivity contribution >= 4 is 23.1 Å². The normalized spacial score (nSPS) is 20.7. The molecular formula is C26H27FN4O4. The first-order valence-electron chi connectivity index (χ1n) is 11.8. The Hall–Kier alpha value is -3.56. The lowest BCUT2D eigenvalue weighted by molar-refractivity contribution is -0.908. The SMILES string of the molecule is Cc1nc2ccccn2c1C([O-])=C1C(=O)C(=O)N(CCC[NH+]2CCOCC2)C1c1ccccc1F. The van der Waals surface area contributed by atoms with Crippen molar-refractivity contribution in [1.82, 2.24) is 14.3 Å². The van der Waals surface area contributed by atoms with Crippen LogP contribution in [0.2, 0.25) is 0 Å². The fourth-order valence-corrected chi connectivity index (χ4v) is 5.05. The number of halogens is 1. The molecule has 9 heteroatoms. The molecule has 35 heavy (non-hydrogen) atoms. The summed E-state index contributed by atoms with van der Waals surface area (Å²) in [6.45, 7) is 5.87. The highest BCUT2D eigenvalue weighted by molar-refractivity contribution is 6.46. The molecular weight excluding hydrogens is 451 g/mol. The summed E-state index contributed by atoms with van der Waals surface area (Å²) in [5.74, 6) is -2.82. The van der Waals surface area contributed by atoms with E-state index in [1.165, 1.54) is 21.9 Å². The third-order valence-corrected chi connectivity index (χ3v) is 6.78. The fraction of sp³-hybridized carbons (Fsp3) is 0.346. The van der Waals surface area contributed by atoms with E-state index in [-0.39, 0.29) is 23.4 Å². The minimum absolute atomic E-state index is 0.139. The summed E-state index contributed by atoms with van der Waals surface area (Å²) in [4.78, 5) is 33.5. The molecule has 1 aromatic carbocycles. The molecule has 0 bridgehead atoms. The molecule has 0 aliphatic carbocycles. The summed E-state index contributed by atoms with van der Waals surface area (Å²) < 4.78 is 22.0. The maximum atomic E-state index is 15.0. The Labute approximate surface area is 202 Å². The fourth-order valence-electron chi connectivity index (χ4n) is 5.05. The summed E-state index contributed by atoms with van der Waals surface area (Å²) in [7, 11) is 0. The van der Waals surface area contributed by atoms with E-state index in [1.54, 1.807) is 47.9 Å². The Morgan fingerprint density at radius 1 is 1.17 bits per heavy atom. The summed E-state index contributed by atoms with van der Waals surface area (Å²) in [6.07, 6.45) is 2.31. The number of ether oxygens (including phenoxy) is 1. The number of fused-ring (bicyclic) bond motifs is 1. The van der Waals surface area contributed by atoms with Crippen molar-refractivity contribution < 1.29 is 28.7 Å². The van der Waals surface area contributed by atoms with Crippen molar-refractivity contribution in [3.63, 3.8) is 0 Å². The molecule has 1 unspecified atom stereocenters. The largest absolute Gasteiger partial charge is 0.871 e. The number of benzene rings is 1. The van der Waals surface area contributed by atoms with Gasteiger partial charge in [0, 0.05) is 30.3 Å². The zero-order valence-electron chi connectivity index (χ0n) is 19.5. The molecule has 0 radical (unpaired) electrons. The quantitative estimate of drug-likeness (QED) is 0.313. The number of imidazole rings is 1. The zero-order valence-corrected chi connectivity index (χ0v) is 19.5. The number of rotatable bonds is 6. The predicted octanol–water partition coefficient (Wildman–Crippen LogP) is 0.311. The van der Waals surface area contributed by atoms with Crippen molar-refractivity contribution in [1.29, 1.82) is 0 Å². The van der Waals surface area contributed by atoms with Crippen LogP contribution in [0.3, 0.4) is 0 Å². The van der Waals surface area contributed by atoms with Crippen LogP contribution in [0.15, 0.2) is 54.2 Å². The van der Waals surface area contributed by atoms with E-state index in [1.807, 2.05) is 0 Å². The van der Waals surface area contributed by atoms with E-state index >= 15 is 0 Å². The van der Waals surface area contributed by atoms with Gasteiger partial charge >= 0.3 is 0 Å². The highest BCUT2D eigenvalue weighted by Crippen LogP contribution is 2.40. The van der Waals surface area contributed by atoms with Gasteiger partial charge in [-0.3, -0.25) is 9.59 Å². The first-order chi connectivity index (χ1) is 17.0. The molecule has 2 aliphatic rings. The second-order valence-electron chi connectivity index (χ2n) is 8.94. The Kier molecular flexibility index (Phi) is 6.36. The number of hydrogen-bond donors (Lipinski definition) is 1. The molecule has 4 heterocycles. The van der Waals surface area contributed by atoms with Crippen molar-refractivity contribution in [2.45, 2.75) is 19.4 Å². The number of Topliss-reactive ketones (excluding diaryl/α,β-unsaturated/α-hetero) is 1. The minimum atomic E-state index is -1.09. The van der Waals surface area contributed by atoms with Gasteiger partial charge in [0.25, 0.3) is 5.91 Å². The standard InChI is InChI=1S/C26H27FN4O4/c1-17-22(30-11-5-4-9-20(30)28-17)24(32)21-23(18-7-2-3-8-19(18)27)31(26(34)25(21)33)12-6-10-29-13-15-35-16-14-29/h2-5,7-9,11,23,32H,6,10,12-16H2,1H3. The number of nitrogens with one attached hydrogen (secondary N) is 1. The number of amides is 1. The van der Waals surface area contributed by atoms with Crippen LogP contribution in [0.25, 0.3) is 11.4 Å². The summed E-state index contributed by atoms with van der Waals surface area (Å²) >= 11 is 0. The maximum absolute atomic E-state index is 15.0. The van der Waals surface area contributed by atoms with Gasteiger partial charge in [0.05, 0.1) is 37.2 Å². The Morgan fingerprint density at radius 3 is 2.69 bits per heavy atom. The van der Waals surface area contributed by atoms with Crippen LogP contribution < -0.4 is 10.0 Å². The van der Waals surface area contributed by atoms with Gasteiger partial charge in [-0.15, -0.1) is 0 Å². The van der Waals surface area contributed by atoms with Gasteiger partial charge in [0.15, 0.2) is 0 Å². The Balaban J connectivity index is 1.56. The van der Waals surface area contributed by atoms with Gasteiger partial charge in [-0.05, 0) is 25.1 Å². The number of hydrogen-bond acceptors (Lipinski definition) is 5. The van der Waals surface area contributed by atoms with Crippen LogP contribution in [0.1, 0.15) is 29.4 Å². The van der Waals surface area contributed by atoms with Crippen LogP contribution in [-0.4, -0.2) is 65.4 Å². The minimum Gasteiger partial charge on any atom is -0.871 e. The van der Waals surface area contributed by atoms with Crippen molar-refractivity contribution in [3.05, 3.63) is 77.0 Å². The van der Waals surface area contributed by atoms with Crippen LogP contribution >= 0.6 is 0 Å². The smallest absolute Gasteiger partial charge is 0.295 e. The molecule has 1 atom stereocenters. The van der Waals surface area contributed by atoms with Gasteiger partial charge in [-0.25, -0.2) is 9.37 Å². The van der Waals surface area contributed by atoms with E-state index in [0.29, 0.717) is 31.0 Å². The maximum Gasteiger partial charge on any atom is 0.295 e. The summed E-state index contributed by atoms with van der Waals surface area (Å²) in [5, 5.41) is 13.8. The van der Waals surface area contributed by atoms with Crippen LogP contribution in [0.4, 0.5) is 4.39 Å². The van der Waals surface area contributed by atoms with E-state index in [9.17, 15) is 19.1 Å². The second kappa shape index (κ2) is 9.59. The number of morpholine rings is 1. The monoisotopic (exact) mass is 478 g/mol. The van der Waals surface area contributed by atoms with Gasteiger partial charge in [-0.2, -0.15) is 0 Å². The van der Waals surface area contributed by atoms with Crippen molar-refractivity contribution in [2.75, 3.05) is 39.4 Å². The molecule has 1 N–H and O–H groups in total. The third kappa shape index (κ3) is 4.21. The number of carbonyl (C=O) groups is 2. The molecule has 8 nitrogen and oxygen atoms in total. The summed E-state index contributed by atoms with van der Waals surface area (Å²) in [5.41, 5.74) is 1.11. The highest BCUT2D eigenvalue weighted by atomic mass is 19.1. The lowest BCUT2D eigenvalue weighted by Gasteiger charge is -2.29. The number of likely N-dealkylation sites (tertiary alicyclic amines) is 1. The molecule has 0 spiro atoms. The average Bonchev–Trinajstić information content (AvgIpc) is 3.33. The van der Waals surface area contributed by atoms with Crippen molar-refractivity contribution in [2.24, 2.45) is 0 Å². The third-order valence-electron chi connectivity index (χ3n) is 6.78. The first-order valence-corrected chi connectivity index (χ1v) is 11.8. The predicted molar refractivity (Wildman–Crippen MR) is 124 cm³/mol. The highest BCUT2D eigenvalue weighted by Gasteiger charge is 2.45. The van der Waals surface area contributed by atoms with E-state index in [4.69, 9.17) is 4.74 Å². The van der Waals surface area contributed by atoms with Gasteiger partial charge in [0.2, 0.25) is 5.78 Å². The van der Waals surface area contributed by atoms with E-state index in [0.717, 1.165) is 19.6 Å². The average molecular weight is 479 g/mol.